The molecule has 1 saturated carbocycles. The lowest BCUT2D eigenvalue weighted by molar-refractivity contribution is 0.232. The number of aryl methyl sites for hydroxylation is 1. The largest absolute Gasteiger partial charge is 0.327 e. The van der Waals surface area contributed by atoms with Gasteiger partial charge in [-0.1, -0.05) is 32.6 Å². The monoisotopic (exact) mass is 263 g/mol. The van der Waals surface area contributed by atoms with Crippen LogP contribution in [0.2, 0.25) is 0 Å². The molecule has 0 radical (unpaired) electrons. The Morgan fingerprint density at radius 1 is 1.32 bits per heavy atom. The van der Waals surface area contributed by atoms with Crippen LogP contribution < -0.4 is 5.73 Å². The van der Waals surface area contributed by atoms with Gasteiger partial charge in [0.15, 0.2) is 0 Å². The molecule has 0 saturated heterocycles. The molecule has 3 heteroatoms. The van der Waals surface area contributed by atoms with Gasteiger partial charge in [-0.2, -0.15) is 5.10 Å². The van der Waals surface area contributed by atoms with Gasteiger partial charge in [0.25, 0.3) is 0 Å². The smallest absolute Gasteiger partial charge is 0.0522 e. The number of nitrogens with zero attached hydrogens (tertiary/aromatic N) is 2. The molecule has 1 aromatic heterocycles. The van der Waals surface area contributed by atoms with Gasteiger partial charge in [0.1, 0.15) is 0 Å². The molecule has 0 spiro atoms. The van der Waals surface area contributed by atoms with Crippen LogP contribution >= 0.6 is 0 Å². The van der Waals surface area contributed by atoms with Crippen LogP contribution in [-0.4, -0.2) is 15.8 Å². The summed E-state index contributed by atoms with van der Waals surface area (Å²) in [5.74, 6) is 1.69. The van der Waals surface area contributed by atoms with Crippen molar-refractivity contribution in [1.82, 2.24) is 9.78 Å². The molecule has 1 aliphatic rings. The zero-order valence-electron chi connectivity index (χ0n) is 12.5. The zero-order chi connectivity index (χ0) is 13.7. The lowest BCUT2D eigenvalue weighted by Gasteiger charge is -2.32. The molecule has 2 N–H and O–H groups in total. The molecule has 1 unspecified atom stereocenters. The molecule has 19 heavy (non-hydrogen) atoms. The lowest BCUT2D eigenvalue weighted by atomic mass is 9.76. The van der Waals surface area contributed by atoms with E-state index in [9.17, 15) is 0 Å². The van der Waals surface area contributed by atoms with Crippen LogP contribution in [0.25, 0.3) is 0 Å². The molecule has 1 atom stereocenters. The maximum Gasteiger partial charge on any atom is 0.0522 e. The van der Waals surface area contributed by atoms with Crippen molar-refractivity contribution < 1.29 is 0 Å². The second kappa shape index (κ2) is 7.09. The van der Waals surface area contributed by atoms with Crippen molar-refractivity contribution in [3.05, 3.63) is 18.0 Å². The standard InChI is InChI=1S/C16H29N3/c1-3-5-13-6-8-15(9-7-13)16(17)10-14-11-18-19(4-2)12-14/h11-13,15-16H,3-10,17H2,1-2H3. The third-order valence-corrected chi connectivity index (χ3v) is 4.68. The van der Waals surface area contributed by atoms with Crippen molar-refractivity contribution >= 4 is 0 Å². The molecule has 1 aliphatic carbocycles. The molecule has 0 aliphatic heterocycles. The molecule has 0 bridgehead atoms. The summed E-state index contributed by atoms with van der Waals surface area (Å²) in [5, 5.41) is 4.33. The summed E-state index contributed by atoms with van der Waals surface area (Å²) in [6.07, 6.45) is 13.3. The van der Waals surface area contributed by atoms with E-state index >= 15 is 0 Å². The topological polar surface area (TPSA) is 43.8 Å². The van der Waals surface area contributed by atoms with E-state index in [0.717, 1.165) is 24.8 Å². The van der Waals surface area contributed by atoms with E-state index in [1.807, 2.05) is 10.9 Å². The van der Waals surface area contributed by atoms with E-state index in [1.165, 1.54) is 44.1 Å². The molecule has 0 amide bonds. The summed E-state index contributed by atoms with van der Waals surface area (Å²) in [7, 11) is 0. The summed E-state index contributed by atoms with van der Waals surface area (Å²) in [4.78, 5) is 0. The Balaban J connectivity index is 1.79. The summed E-state index contributed by atoms with van der Waals surface area (Å²) in [6.45, 7) is 5.35. The fourth-order valence-corrected chi connectivity index (χ4v) is 3.44. The van der Waals surface area contributed by atoms with E-state index in [4.69, 9.17) is 5.73 Å². The fourth-order valence-electron chi connectivity index (χ4n) is 3.44. The second-order valence-corrected chi connectivity index (χ2v) is 6.14. The predicted molar refractivity (Wildman–Crippen MR) is 79.9 cm³/mol. The normalized spacial score (nSPS) is 25.4. The van der Waals surface area contributed by atoms with Crippen LogP contribution in [0.5, 0.6) is 0 Å². The quantitative estimate of drug-likeness (QED) is 0.855. The Morgan fingerprint density at radius 2 is 2.05 bits per heavy atom. The Labute approximate surface area is 117 Å². The van der Waals surface area contributed by atoms with Crippen molar-refractivity contribution in [3.8, 4) is 0 Å². The van der Waals surface area contributed by atoms with Gasteiger partial charge in [0.2, 0.25) is 0 Å². The summed E-state index contributed by atoms with van der Waals surface area (Å²) in [5.41, 5.74) is 7.71. The molecular formula is C16H29N3. The van der Waals surface area contributed by atoms with Gasteiger partial charge >= 0.3 is 0 Å². The van der Waals surface area contributed by atoms with E-state index in [0.29, 0.717) is 6.04 Å². The summed E-state index contributed by atoms with van der Waals surface area (Å²) >= 11 is 0. The highest BCUT2D eigenvalue weighted by Gasteiger charge is 2.25. The third kappa shape index (κ3) is 4.07. The first-order valence-corrected chi connectivity index (χ1v) is 7.99. The number of rotatable bonds is 6. The maximum atomic E-state index is 6.41. The van der Waals surface area contributed by atoms with Gasteiger partial charge in [0.05, 0.1) is 6.20 Å². The van der Waals surface area contributed by atoms with Crippen LogP contribution in [0.3, 0.4) is 0 Å². The van der Waals surface area contributed by atoms with Crippen LogP contribution in [0.15, 0.2) is 12.4 Å². The van der Waals surface area contributed by atoms with Gasteiger partial charge in [-0.05, 0) is 43.6 Å². The van der Waals surface area contributed by atoms with E-state index in [1.54, 1.807) is 0 Å². The highest BCUT2D eigenvalue weighted by Crippen LogP contribution is 2.33. The van der Waals surface area contributed by atoms with E-state index < -0.39 is 0 Å². The Kier molecular flexibility index (Phi) is 5.44. The SMILES string of the molecule is CCCC1CCC(C(N)Cc2cnn(CC)c2)CC1. The van der Waals surface area contributed by atoms with Crippen LogP contribution in [-0.2, 0) is 13.0 Å². The van der Waals surface area contributed by atoms with Crippen molar-refractivity contribution in [2.24, 2.45) is 17.6 Å². The van der Waals surface area contributed by atoms with Crippen molar-refractivity contribution in [2.75, 3.05) is 0 Å². The Morgan fingerprint density at radius 3 is 2.63 bits per heavy atom. The molecule has 3 nitrogen and oxygen atoms in total. The van der Waals surface area contributed by atoms with Crippen molar-refractivity contribution in [2.45, 2.75) is 71.4 Å². The number of aromatic nitrogens is 2. The first-order valence-electron chi connectivity index (χ1n) is 7.99. The number of hydrogen-bond acceptors (Lipinski definition) is 2. The zero-order valence-corrected chi connectivity index (χ0v) is 12.5. The molecule has 0 aromatic carbocycles. The highest BCUT2D eigenvalue weighted by atomic mass is 15.3. The Hall–Kier alpha value is -0.830. The highest BCUT2D eigenvalue weighted by molar-refractivity contribution is 5.06. The van der Waals surface area contributed by atoms with E-state index in [-0.39, 0.29) is 0 Å². The predicted octanol–water partition coefficient (Wildman–Crippen LogP) is 3.38. The Bertz CT molecular complexity index is 364. The minimum absolute atomic E-state index is 0.317. The first-order chi connectivity index (χ1) is 9.22. The number of hydrogen-bond donors (Lipinski definition) is 1. The summed E-state index contributed by atoms with van der Waals surface area (Å²) < 4.78 is 1.99. The summed E-state index contributed by atoms with van der Waals surface area (Å²) in [6, 6.07) is 0.317. The molecule has 2 rings (SSSR count). The molecule has 1 fully saturated rings. The van der Waals surface area contributed by atoms with Crippen molar-refractivity contribution in [3.63, 3.8) is 0 Å². The van der Waals surface area contributed by atoms with E-state index in [2.05, 4.69) is 25.1 Å². The molecular weight excluding hydrogens is 234 g/mol. The van der Waals surface area contributed by atoms with Crippen LogP contribution in [0.4, 0.5) is 0 Å². The average molecular weight is 263 g/mol. The van der Waals surface area contributed by atoms with Gasteiger partial charge < -0.3 is 5.73 Å². The first kappa shape index (κ1) is 14.6. The molecule has 1 aromatic rings. The average Bonchev–Trinajstić information content (AvgIpc) is 2.87. The fraction of sp³-hybridized carbons (Fsp3) is 0.812. The van der Waals surface area contributed by atoms with Crippen LogP contribution in [0, 0.1) is 11.8 Å². The number of nitrogens with two attached hydrogens (primary N) is 1. The minimum Gasteiger partial charge on any atom is -0.327 e. The third-order valence-electron chi connectivity index (χ3n) is 4.68. The molecule has 1 heterocycles. The van der Waals surface area contributed by atoms with Crippen molar-refractivity contribution in [1.29, 1.82) is 0 Å². The van der Waals surface area contributed by atoms with Gasteiger partial charge in [-0.15, -0.1) is 0 Å². The van der Waals surface area contributed by atoms with Crippen LogP contribution in [0.1, 0.15) is 57.9 Å². The maximum absolute atomic E-state index is 6.41. The minimum atomic E-state index is 0.317. The van der Waals surface area contributed by atoms with Gasteiger partial charge in [-0.25, -0.2) is 0 Å². The van der Waals surface area contributed by atoms with Gasteiger partial charge in [0, 0.05) is 18.8 Å². The lowest BCUT2D eigenvalue weighted by Crippen LogP contribution is -2.34. The molecule has 108 valence electrons. The second-order valence-electron chi connectivity index (χ2n) is 6.14. The van der Waals surface area contributed by atoms with Gasteiger partial charge in [-0.3, -0.25) is 4.68 Å².